The quantitative estimate of drug-likeness (QED) is 0.575. The molecule has 12 heteroatoms. The fourth-order valence-electron chi connectivity index (χ4n) is 1.69. The number of aryl methyl sites for hydroxylation is 2. The highest BCUT2D eigenvalue weighted by Crippen LogP contribution is 2.39. The van der Waals surface area contributed by atoms with Crippen LogP contribution in [0.25, 0.3) is 0 Å². The lowest BCUT2D eigenvalue weighted by molar-refractivity contribution is -0.142. The lowest BCUT2D eigenvalue weighted by atomic mass is 10.2. The molecule has 0 spiro atoms. The number of halogens is 6. The largest absolute Gasteiger partial charge is 0.435 e. The minimum Gasteiger partial charge on any atom is -0.419 e. The van der Waals surface area contributed by atoms with Crippen molar-refractivity contribution >= 4 is 23.4 Å². The van der Waals surface area contributed by atoms with E-state index in [0.717, 1.165) is 18.8 Å². The van der Waals surface area contributed by atoms with Gasteiger partial charge in [-0.15, -0.1) is 0 Å². The topological polar surface area (TPSA) is 53.1 Å². The third-order valence-electron chi connectivity index (χ3n) is 2.62. The van der Waals surface area contributed by atoms with Gasteiger partial charge in [0, 0.05) is 12.8 Å². The maximum atomic E-state index is 13.0. The van der Waals surface area contributed by atoms with Crippen LogP contribution in [0.3, 0.4) is 0 Å². The highest BCUT2D eigenvalue weighted by Gasteiger charge is 2.40. The molecule has 0 fully saturated rings. The van der Waals surface area contributed by atoms with Gasteiger partial charge in [0.1, 0.15) is 0 Å². The molecule has 0 atom stereocenters. The molecular formula is C11H9ClF5N3O2S. The van der Waals surface area contributed by atoms with Crippen LogP contribution in [0, 0.1) is 6.92 Å². The van der Waals surface area contributed by atoms with Crippen LogP contribution in [0.15, 0.2) is 9.64 Å². The second-order valence-electron chi connectivity index (χ2n) is 4.26. The maximum Gasteiger partial charge on any atom is 0.435 e. The van der Waals surface area contributed by atoms with Gasteiger partial charge in [-0.1, -0.05) is 11.8 Å². The van der Waals surface area contributed by atoms with Gasteiger partial charge < -0.3 is 9.15 Å². The number of nitrogens with zero attached hydrogens (tertiary/aromatic N) is 3. The molecule has 0 aliphatic carbocycles. The highest BCUT2D eigenvalue weighted by atomic mass is 35.5. The third kappa shape index (κ3) is 4.08. The summed E-state index contributed by atoms with van der Waals surface area (Å²) in [6.45, 7) is -1.74. The summed E-state index contributed by atoms with van der Waals surface area (Å²) in [6, 6.07) is 0. The van der Waals surface area contributed by atoms with Gasteiger partial charge >= 0.3 is 12.8 Å². The van der Waals surface area contributed by atoms with Crippen molar-refractivity contribution in [2.45, 2.75) is 30.7 Å². The van der Waals surface area contributed by atoms with Crippen LogP contribution in [0.4, 0.5) is 22.0 Å². The van der Waals surface area contributed by atoms with Crippen molar-refractivity contribution in [1.29, 1.82) is 0 Å². The average molecular weight is 378 g/mol. The van der Waals surface area contributed by atoms with E-state index in [9.17, 15) is 22.0 Å². The van der Waals surface area contributed by atoms with Crippen LogP contribution in [-0.4, -0.2) is 21.4 Å². The number of rotatable bonds is 5. The number of thioether (sulfide) groups is 1. The Morgan fingerprint density at radius 1 is 1.39 bits per heavy atom. The van der Waals surface area contributed by atoms with E-state index in [2.05, 4.69) is 14.8 Å². The Kier molecular flexibility index (Phi) is 5.09. The van der Waals surface area contributed by atoms with Gasteiger partial charge in [-0.05, 0) is 18.5 Å². The van der Waals surface area contributed by atoms with Crippen molar-refractivity contribution in [2.75, 3.05) is 0 Å². The maximum absolute atomic E-state index is 13.0. The van der Waals surface area contributed by atoms with E-state index in [-0.39, 0.29) is 16.2 Å². The van der Waals surface area contributed by atoms with E-state index in [4.69, 9.17) is 16.0 Å². The SMILES string of the molecule is Cc1nc(SCc2c(C(F)(F)F)nn(C)c2OC(F)F)oc1Cl. The predicted octanol–water partition coefficient (Wildman–Crippen LogP) is 4.28. The summed E-state index contributed by atoms with van der Waals surface area (Å²) >= 11 is 6.41. The molecule has 0 N–H and O–H groups in total. The van der Waals surface area contributed by atoms with E-state index < -0.39 is 29.9 Å². The number of aromatic nitrogens is 3. The van der Waals surface area contributed by atoms with Crippen molar-refractivity contribution in [1.82, 2.24) is 14.8 Å². The molecule has 0 unspecified atom stereocenters. The summed E-state index contributed by atoms with van der Waals surface area (Å²) < 4.78 is 73.5. The number of ether oxygens (including phenoxy) is 1. The Morgan fingerprint density at radius 3 is 2.52 bits per heavy atom. The van der Waals surface area contributed by atoms with Crippen LogP contribution in [0.5, 0.6) is 5.88 Å². The Morgan fingerprint density at radius 2 is 2.04 bits per heavy atom. The minimum atomic E-state index is -4.82. The molecule has 0 amide bonds. The lowest BCUT2D eigenvalue weighted by Crippen LogP contribution is -2.09. The molecule has 0 radical (unpaired) electrons. The summed E-state index contributed by atoms with van der Waals surface area (Å²) in [4.78, 5) is 3.88. The fraction of sp³-hybridized carbons (Fsp3) is 0.455. The van der Waals surface area contributed by atoms with Gasteiger partial charge in [0.2, 0.25) is 11.1 Å². The second kappa shape index (κ2) is 6.56. The van der Waals surface area contributed by atoms with Gasteiger partial charge in [-0.2, -0.15) is 27.1 Å². The zero-order valence-electron chi connectivity index (χ0n) is 11.6. The van der Waals surface area contributed by atoms with Crippen molar-refractivity contribution < 1.29 is 31.1 Å². The molecule has 0 bridgehead atoms. The molecule has 0 aliphatic rings. The van der Waals surface area contributed by atoms with Crippen LogP contribution in [0.1, 0.15) is 17.0 Å². The van der Waals surface area contributed by atoms with Crippen molar-refractivity contribution in [3.05, 3.63) is 22.2 Å². The average Bonchev–Trinajstić information content (AvgIpc) is 2.88. The number of alkyl halides is 5. The van der Waals surface area contributed by atoms with Crippen molar-refractivity contribution in [2.24, 2.45) is 7.05 Å². The Labute approximate surface area is 135 Å². The molecule has 128 valence electrons. The van der Waals surface area contributed by atoms with E-state index in [1.807, 2.05) is 0 Å². The van der Waals surface area contributed by atoms with Gasteiger partial charge in [0.15, 0.2) is 5.69 Å². The Hall–Kier alpha value is -1.49. The first-order valence-corrected chi connectivity index (χ1v) is 7.29. The predicted molar refractivity (Wildman–Crippen MR) is 70.7 cm³/mol. The first kappa shape index (κ1) is 17.9. The monoisotopic (exact) mass is 377 g/mol. The van der Waals surface area contributed by atoms with E-state index in [1.165, 1.54) is 0 Å². The van der Waals surface area contributed by atoms with Crippen molar-refractivity contribution in [3.63, 3.8) is 0 Å². The third-order valence-corrected chi connectivity index (χ3v) is 3.82. The normalized spacial score (nSPS) is 12.2. The number of hydrogen-bond acceptors (Lipinski definition) is 5. The molecule has 2 aromatic rings. The molecule has 0 aromatic carbocycles. The minimum absolute atomic E-state index is 0.00112. The van der Waals surface area contributed by atoms with E-state index in [1.54, 1.807) is 6.92 Å². The molecule has 23 heavy (non-hydrogen) atoms. The smallest absolute Gasteiger partial charge is 0.419 e. The molecule has 2 heterocycles. The van der Waals surface area contributed by atoms with Crippen LogP contribution >= 0.6 is 23.4 Å². The summed E-state index contributed by atoms with van der Waals surface area (Å²) in [5.74, 6) is -1.06. The molecule has 2 aromatic heterocycles. The summed E-state index contributed by atoms with van der Waals surface area (Å²) in [5, 5.41) is 3.22. The zero-order chi connectivity index (χ0) is 17.4. The number of hydrogen-bond donors (Lipinski definition) is 0. The Bertz CT molecular complexity index is 681. The molecule has 0 aliphatic heterocycles. The molecular weight excluding hydrogens is 369 g/mol. The molecule has 0 saturated heterocycles. The Balaban J connectivity index is 2.33. The summed E-state index contributed by atoms with van der Waals surface area (Å²) in [6.07, 6.45) is -4.82. The standard InChI is InChI=1S/C11H9ClF5N3O2S/c1-4-7(12)21-10(18-4)23-3-5-6(11(15,16)17)19-20(2)8(5)22-9(13)14/h9H,3H2,1-2H3. The molecule has 0 saturated carbocycles. The first-order chi connectivity index (χ1) is 10.6. The molecule has 5 nitrogen and oxygen atoms in total. The van der Waals surface area contributed by atoms with Crippen LogP contribution in [0.2, 0.25) is 5.22 Å². The fourth-order valence-corrected chi connectivity index (χ4v) is 2.72. The lowest BCUT2D eigenvalue weighted by Gasteiger charge is -2.08. The van der Waals surface area contributed by atoms with Gasteiger partial charge in [-0.3, -0.25) is 0 Å². The summed E-state index contributed by atoms with van der Waals surface area (Å²) in [5.41, 5.74) is -1.48. The molecule has 2 rings (SSSR count). The van der Waals surface area contributed by atoms with Gasteiger partial charge in [-0.25, -0.2) is 9.67 Å². The second-order valence-corrected chi connectivity index (χ2v) is 5.53. The van der Waals surface area contributed by atoms with Crippen molar-refractivity contribution in [3.8, 4) is 5.88 Å². The van der Waals surface area contributed by atoms with Gasteiger partial charge in [0.05, 0.1) is 11.3 Å². The summed E-state index contributed by atoms with van der Waals surface area (Å²) in [7, 11) is 1.08. The van der Waals surface area contributed by atoms with Gasteiger partial charge in [0.25, 0.3) is 5.22 Å². The number of oxazole rings is 1. The van der Waals surface area contributed by atoms with E-state index in [0.29, 0.717) is 10.4 Å². The first-order valence-electron chi connectivity index (χ1n) is 5.93. The zero-order valence-corrected chi connectivity index (χ0v) is 13.2. The van der Waals surface area contributed by atoms with E-state index >= 15 is 0 Å². The highest BCUT2D eigenvalue weighted by molar-refractivity contribution is 7.98. The van der Waals surface area contributed by atoms with Crippen LogP contribution < -0.4 is 4.74 Å². The van der Waals surface area contributed by atoms with Crippen LogP contribution in [-0.2, 0) is 19.0 Å².